The fraction of sp³-hybridized carbons (Fsp3) is 0.333. The summed E-state index contributed by atoms with van der Waals surface area (Å²) in [6.45, 7) is 0.928. The van der Waals surface area contributed by atoms with E-state index in [1.807, 2.05) is 0 Å². The first-order valence-corrected chi connectivity index (χ1v) is 5.20. The van der Waals surface area contributed by atoms with E-state index in [4.69, 9.17) is 4.74 Å². The molecule has 5 nitrogen and oxygen atoms in total. The van der Waals surface area contributed by atoms with Gasteiger partial charge in [0.2, 0.25) is 0 Å². The summed E-state index contributed by atoms with van der Waals surface area (Å²) in [5, 5.41) is 13.9. The average molecular weight is 235 g/mol. The van der Waals surface area contributed by atoms with Crippen molar-refractivity contribution in [1.29, 1.82) is 0 Å². The Kier molecular flexibility index (Phi) is 5.16. The third kappa shape index (κ3) is 3.88. The summed E-state index contributed by atoms with van der Waals surface area (Å²) in [6.07, 6.45) is 0. The summed E-state index contributed by atoms with van der Waals surface area (Å²) < 4.78 is 4.82. The number of benzene rings is 1. The van der Waals surface area contributed by atoms with Gasteiger partial charge < -0.3 is 20.2 Å². The molecule has 1 amide bonds. The number of carbonyl (C=O) groups excluding carboxylic acids is 1. The van der Waals surface area contributed by atoms with Gasteiger partial charge in [0.15, 0.2) is 0 Å². The van der Waals surface area contributed by atoms with Gasteiger partial charge in [0.1, 0.15) is 0 Å². The number of ether oxygens (including phenoxy) is 1. The second-order valence-corrected chi connectivity index (χ2v) is 3.35. The number of amides is 1. The minimum absolute atomic E-state index is 0.186. The van der Waals surface area contributed by atoms with Crippen LogP contribution >= 0.6 is 0 Å². The average Bonchev–Trinajstić information content (AvgIpc) is 2.38. The Morgan fingerprint density at radius 1 is 1.35 bits per heavy atom. The Labute approximate surface area is 100 Å². The lowest BCUT2D eigenvalue weighted by Gasteiger charge is -2.10. The van der Waals surface area contributed by atoms with Crippen LogP contribution < -0.4 is 10.4 Å². The zero-order valence-corrected chi connectivity index (χ0v) is 9.90. The molecule has 0 unspecified atom stereocenters. The van der Waals surface area contributed by atoms with Crippen LogP contribution in [0.3, 0.4) is 0 Å². The predicted molar refractivity (Wildman–Crippen MR) is 63.1 cm³/mol. The Balaban J connectivity index is 2.64. The molecule has 0 aliphatic rings. The molecule has 17 heavy (non-hydrogen) atoms. The van der Waals surface area contributed by atoms with Gasteiger partial charge in [-0.25, -0.2) is 0 Å². The number of rotatable bonds is 5. The summed E-state index contributed by atoms with van der Waals surface area (Å²) in [5.74, 6) is -0.481. The van der Waals surface area contributed by atoms with E-state index in [0.717, 1.165) is 0 Å². The number of methoxy groups -OCH3 is 1. The summed E-state index contributed by atoms with van der Waals surface area (Å²) in [5.41, 5.74) is 0.981. The summed E-state index contributed by atoms with van der Waals surface area (Å²) in [6, 6.07) is 6.36. The van der Waals surface area contributed by atoms with Crippen LogP contribution in [0.5, 0.6) is 0 Å². The van der Waals surface area contributed by atoms with E-state index < -0.39 is 0 Å². The normalized spacial score (nSPS) is 11.3. The van der Waals surface area contributed by atoms with Gasteiger partial charge in [0, 0.05) is 26.3 Å². The van der Waals surface area contributed by atoms with Crippen molar-refractivity contribution < 1.29 is 14.6 Å². The summed E-state index contributed by atoms with van der Waals surface area (Å²) in [4.78, 5) is 15.1. The van der Waals surface area contributed by atoms with Gasteiger partial charge in [-0.3, -0.25) is 4.79 Å². The van der Waals surface area contributed by atoms with E-state index in [1.165, 1.54) is 7.05 Å². The van der Waals surface area contributed by atoms with Crippen molar-refractivity contribution in [3.05, 3.63) is 35.4 Å². The molecule has 1 rings (SSSR count). The molecule has 0 heterocycles. The number of carbonyl (C=O) groups is 1. The summed E-state index contributed by atoms with van der Waals surface area (Å²) >= 11 is 0. The molecule has 0 spiro atoms. The van der Waals surface area contributed by atoms with Crippen molar-refractivity contribution in [3.8, 4) is 0 Å². The highest BCUT2D eigenvalue weighted by Crippen LogP contribution is 2.04. The molecule has 0 aliphatic carbocycles. The van der Waals surface area contributed by atoms with Gasteiger partial charge in [-0.15, -0.1) is 0 Å². The van der Waals surface area contributed by atoms with E-state index in [2.05, 4.69) is 10.3 Å². The monoisotopic (exact) mass is 235 g/mol. The largest absolute Gasteiger partial charge is 0.859 e. The maximum absolute atomic E-state index is 11.6. The van der Waals surface area contributed by atoms with Crippen molar-refractivity contribution in [2.24, 2.45) is 4.99 Å². The smallest absolute Gasteiger partial charge is 0.251 e. The highest BCUT2D eigenvalue weighted by Gasteiger charge is 2.03. The summed E-state index contributed by atoms with van der Waals surface area (Å²) in [7, 11) is 3.01. The first-order valence-electron chi connectivity index (χ1n) is 5.20. The Morgan fingerprint density at radius 3 is 2.47 bits per heavy atom. The van der Waals surface area contributed by atoms with E-state index in [-0.39, 0.29) is 11.8 Å². The first kappa shape index (κ1) is 13.2. The lowest BCUT2D eigenvalue weighted by molar-refractivity contribution is -0.213. The highest BCUT2D eigenvalue weighted by molar-refractivity contribution is 5.96. The molecule has 0 aromatic heterocycles. The van der Waals surface area contributed by atoms with Crippen LogP contribution in [0.1, 0.15) is 15.9 Å². The minimum atomic E-state index is -0.295. The van der Waals surface area contributed by atoms with Crippen LogP contribution in [0.2, 0.25) is 0 Å². The van der Waals surface area contributed by atoms with Gasteiger partial charge in [-0.05, 0) is 23.6 Å². The van der Waals surface area contributed by atoms with Crippen molar-refractivity contribution in [1.82, 2.24) is 5.32 Å². The van der Waals surface area contributed by atoms with Gasteiger partial charge in [0.05, 0.1) is 6.61 Å². The van der Waals surface area contributed by atoms with Gasteiger partial charge in [0.25, 0.3) is 5.91 Å². The maximum Gasteiger partial charge on any atom is 0.251 e. The zero-order chi connectivity index (χ0) is 12.7. The molecule has 1 aromatic carbocycles. The molecule has 0 saturated carbocycles. The Hall–Kier alpha value is -1.88. The number of hydrogen-bond donors (Lipinski definition) is 1. The third-order valence-corrected chi connectivity index (χ3v) is 2.19. The number of aliphatic imine (C=N–C) groups is 1. The van der Waals surface area contributed by atoms with E-state index >= 15 is 0 Å². The number of hydrogen-bond acceptors (Lipinski definition) is 4. The molecule has 5 heteroatoms. The molecule has 0 bridgehead atoms. The van der Waals surface area contributed by atoms with Crippen molar-refractivity contribution in [2.45, 2.75) is 0 Å². The molecule has 0 atom stereocenters. The van der Waals surface area contributed by atoms with Crippen LogP contribution in [-0.4, -0.2) is 39.1 Å². The van der Waals surface area contributed by atoms with Crippen LogP contribution in [0.4, 0.5) is 0 Å². The molecule has 0 saturated heterocycles. The van der Waals surface area contributed by atoms with Crippen molar-refractivity contribution in [3.63, 3.8) is 0 Å². The standard InChI is InChI=1S/C12H16N2O3/c1-13-11(15)9-3-5-10(6-4-9)12(16)14-7-8-17-2/h3-6H,7-8H2,1-2H3,(H,13,15)(H,14,16)/p-1. The SMILES string of the molecule is CN=C([O-])c1ccc(C(=O)NCCOC)cc1. The van der Waals surface area contributed by atoms with Gasteiger partial charge in [-0.2, -0.15) is 0 Å². The molecule has 92 valence electrons. The maximum atomic E-state index is 11.6. The Morgan fingerprint density at radius 2 is 1.94 bits per heavy atom. The minimum Gasteiger partial charge on any atom is -0.859 e. The molecule has 1 N–H and O–H groups in total. The highest BCUT2D eigenvalue weighted by atomic mass is 16.5. The van der Waals surface area contributed by atoms with E-state index in [0.29, 0.717) is 24.3 Å². The fourth-order valence-corrected chi connectivity index (χ4v) is 1.26. The van der Waals surface area contributed by atoms with Crippen molar-refractivity contribution in [2.75, 3.05) is 27.3 Å². The van der Waals surface area contributed by atoms with E-state index in [1.54, 1.807) is 31.4 Å². The van der Waals surface area contributed by atoms with Crippen molar-refractivity contribution >= 4 is 11.8 Å². The predicted octanol–water partition coefficient (Wildman–Crippen LogP) is -0.201. The first-order chi connectivity index (χ1) is 8.19. The molecular weight excluding hydrogens is 220 g/mol. The lowest BCUT2D eigenvalue weighted by atomic mass is 10.1. The molecular formula is C12H15N2O3-. The van der Waals surface area contributed by atoms with Gasteiger partial charge >= 0.3 is 0 Å². The number of nitrogens with one attached hydrogen (secondary N) is 1. The topological polar surface area (TPSA) is 73.8 Å². The van der Waals surface area contributed by atoms with Crippen LogP contribution in [0.25, 0.3) is 0 Å². The molecule has 1 aromatic rings. The molecule has 0 aliphatic heterocycles. The van der Waals surface area contributed by atoms with Crippen LogP contribution in [0.15, 0.2) is 29.3 Å². The van der Waals surface area contributed by atoms with Gasteiger partial charge in [-0.1, -0.05) is 12.1 Å². The molecule has 0 radical (unpaired) electrons. The fourth-order valence-electron chi connectivity index (χ4n) is 1.26. The van der Waals surface area contributed by atoms with Crippen LogP contribution in [-0.2, 0) is 4.74 Å². The lowest BCUT2D eigenvalue weighted by Crippen LogP contribution is -2.27. The quantitative estimate of drug-likeness (QED) is 0.436. The Bertz CT molecular complexity index is 399. The number of nitrogens with zero attached hydrogens (tertiary/aromatic N) is 1. The van der Waals surface area contributed by atoms with Crippen LogP contribution in [0, 0.1) is 0 Å². The second-order valence-electron chi connectivity index (χ2n) is 3.35. The zero-order valence-electron chi connectivity index (χ0n) is 9.90. The third-order valence-electron chi connectivity index (χ3n) is 2.19. The molecule has 0 fully saturated rings. The van der Waals surface area contributed by atoms with E-state index in [9.17, 15) is 9.90 Å². The second kappa shape index (κ2) is 6.65.